The fraction of sp³-hybridized carbons (Fsp3) is 0.520. The first-order valence-electron chi connectivity index (χ1n) is 11.9. The number of sulfonamides is 1. The lowest BCUT2D eigenvalue weighted by atomic mass is 10.0. The average molecular weight is 558 g/mol. The number of esters is 1. The fourth-order valence-electron chi connectivity index (χ4n) is 5.76. The summed E-state index contributed by atoms with van der Waals surface area (Å²) in [7, 11) is -7.21. The molecule has 0 aliphatic heterocycles. The molecule has 2 aromatic rings. The normalized spacial score (nSPS) is 14.2. The van der Waals surface area contributed by atoms with Crippen molar-refractivity contribution in [3.05, 3.63) is 41.6 Å². The van der Waals surface area contributed by atoms with Crippen LogP contribution in [0.5, 0.6) is 0 Å². The summed E-state index contributed by atoms with van der Waals surface area (Å²) in [5.74, 6) is -1.14. The van der Waals surface area contributed by atoms with E-state index in [0.717, 1.165) is 12.6 Å². The molecule has 0 unspecified atom stereocenters. The molecule has 0 spiro atoms. The number of fused-ring (bicyclic) bond motifs is 1. The Kier molecular flexibility index (Phi) is 9.44. The molecule has 0 amide bonds. The molecule has 0 aliphatic rings. The van der Waals surface area contributed by atoms with E-state index in [1.807, 2.05) is 24.4 Å². The molecule has 2 rings (SSSR count). The Hall–Kier alpha value is -2.62. The van der Waals surface area contributed by atoms with Gasteiger partial charge in [0.15, 0.2) is 8.24 Å². The van der Waals surface area contributed by atoms with Crippen LogP contribution >= 0.6 is 0 Å². The van der Waals surface area contributed by atoms with Crippen molar-refractivity contribution in [2.45, 2.75) is 76.1 Å². The second-order valence-corrected chi connectivity index (χ2v) is 17.4. The van der Waals surface area contributed by atoms with E-state index in [-0.39, 0.29) is 23.0 Å². The molecule has 0 fully saturated rings. The summed E-state index contributed by atoms with van der Waals surface area (Å²) in [6.07, 6.45) is 4.35. The van der Waals surface area contributed by atoms with Gasteiger partial charge in [0.2, 0.25) is 0 Å². The zero-order valence-corrected chi connectivity index (χ0v) is 23.9. The Morgan fingerprint density at radius 3 is 2.19 bits per heavy atom. The second kappa shape index (κ2) is 11.4. The maximum Gasteiger partial charge on any atom is 0.511 e. The van der Waals surface area contributed by atoms with Gasteiger partial charge in [0, 0.05) is 23.4 Å². The lowest BCUT2D eigenvalue weighted by Gasteiger charge is -2.44. The highest BCUT2D eigenvalue weighted by Gasteiger charge is 2.49. The Balaban J connectivity index is 2.91. The number of ether oxygens (including phenoxy) is 1. The van der Waals surface area contributed by atoms with Crippen LogP contribution in [0.4, 0.5) is 13.2 Å². The molecule has 0 bridgehead atoms. The van der Waals surface area contributed by atoms with Gasteiger partial charge < -0.3 is 8.97 Å². The first-order chi connectivity index (χ1) is 17.1. The molecule has 37 heavy (non-hydrogen) atoms. The van der Waals surface area contributed by atoms with Crippen LogP contribution in [0.3, 0.4) is 0 Å². The summed E-state index contributed by atoms with van der Waals surface area (Å²) in [4.78, 5) is 12.5. The van der Waals surface area contributed by atoms with Crippen LogP contribution in [0.25, 0.3) is 17.0 Å². The van der Waals surface area contributed by atoms with Crippen molar-refractivity contribution >= 4 is 41.2 Å². The number of allylic oxidation sites excluding steroid dienone is 1. The molecule has 7 nitrogen and oxygen atoms in total. The van der Waals surface area contributed by atoms with E-state index in [4.69, 9.17) is 5.26 Å². The van der Waals surface area contributed by atoms with E-state index in [9.17, 15) is 26.4 Å². The van der Waals surface area contributed by atoms with Crippen LogP contribution < -0.4 is 4.72 Å². The van der Waals surface area contributed by atoms with Crippen molar-refractivity contribution in [1.82, 2.24) is 8.95 Å². The highest BCUT2D eigenvalue weighted by Crippen LogP contribution is 2.45. The molecular weight excluding hydrogens is 523 g/mol. The number of hydrogen-bond donors (Lipinski definition) is 1. The van der Waals surface area contributed by atoms with Crippen LogP contribution in [-0.2, 0) is 26.0 Å². The number of nitriles is 1. The van der Waals surface area contributed by atoms with Gasteiger partial charge in [0.05, 0.1) is 13.2 Å². The van der Waals surface area contributed by atoms with E-state index in [2.05, 4.69) is 50.5 Å². The number of carbonyl (C=O) groups excluding carboxylic acids is 1. The quantitative estimate of drug-likeness (QED) is 0.229. The molecule has 1 atom stereocenters. The maximum atomic E-state index is 13.1. The van der Waals surface area contributed by atoms with Gasteiger partial charge in [-0.2, -0.15) is 23.2 Å². The first kappa shape index (κ1) is 30.6. The average Bonchev–Trinajstić information content (AvgIpc) is 3.14. The topological polar surface area (TPSA) is 101 Å². The molecule has 1 heterocycles. The van der Waals surface area contributed by atoms with Crippen LogP contribution in [0.15, 0.2) is 30.5 Å². The molecule has 1 aromatic carbocycles. The number of rotatable bonds is 10. The van der Waals surface area contributed by atoms with Crippen molar-refractivity contribution in [3.8, 4) is 6.07 Å². The van der Waals surface area contributed by atoms with E-state index >= 15 is 0 Å². The van der Waals surface area contributed by atoms with Crippen LogP contribution in [0.1, 0.15) is 52.7 Å². The predicted octanol–water partition coefficient (Wildman–Crippen LogP) is 5.72. The number of carbonyl (C=O) groups is 1. The van der Waals surface area contributed by atoms with E-state index in [1.54, 1.807) is 12.1 Å². The van der Waals surface area contributed by atoms with E-state index in [1.165, 1.54) is 10.8 Å². The fourth-order valence-corrected chi connectivity index (χ4v) is 13.1. The lowest BCUT2D eigenvalue weighted by molar-refractivity contribution is -0.142. The van der Waals surface area contributed by atoms with E-state index in [0.29, 0.717) is 16.5 Å². The van der Waals surface area contributed by atoms with Gasteiger partial charge in [-0.15, -0.1) is 0 Å². The van der Waals surface area contributed by atoms with Gasteiger partial charge in [-0.3, -0.25) is 4.79 Å². The summed E-state index contributed by atoms with van der Waals surface area (Å²) >= 11 is 0. The van der Waals surface area contributed by atoms with Crippen molar-refractivity contribution in [2.75, 3.05) is 7.11 Å². The van der Waals surface area contributed by atoms with Crippen LogP contribution in [-0.4, -0.2) is 45.5 Å². The van der Waals surface area contributed by atoms with Gasteiger partial charge in [-0.25, -0.2) is 8.42 Å². The van der Waals surface area contributed by atoms with Gasteiger partial charge >= 0.3 is 21.5 Å². The maximum absolute atomic E-state index is 13.1. The minimum absolute atomic E-state index is 0.273. The van der Waals surface area contributed by atoms with Gasteiger partial charge in [-0.05, 0) is 46.1 Å². The van der Waals surface area contributed by atoms with Crippen molar-refractivity contribution in [3.63, 3.8) is 0 Å². The number of benzene rings is 1. The Morgan fingerprint density at radius 2 is 1.73 bits per heavy atom. The molecular formula is C25H34F3N3O4SSi. The van der Waals surface area contributed by atoms with Crippen molar-refractivity contribution in [1.29, 1.82) is 5.26 Å². The number of alkyl halides is 3. The SMILES string of the molecule is COC(=O)[C@H](Cc1cn([Si](C(C)C)(C(C)C)C(C)C)c2cccc(/C=C/C#N)c12)NS(=O)(=O)C(F)(F)F. The summed E-state index contributed by atoms with van der Waals surface area (Å²) < 4.78 is 71.6. The van der Waals surface area contributed by atoms with Crippen LogP contribution in [0, 0.1) is 11.3 Å². The minimum Gasteiger partial charge on any atom is -0.468 e. The zero-order valence-electron chi connectivity index (χ0n) is 22.1. The zero-order chi connectivity index (χ0) is 28.3. The Bertz CT molecular complexity index is 1290. The monoisotopic (exact) mass is 557 g/mol. The lowest BCUT2D eigenvalue weighted by Crippen LogP contribution is -2.51. The molecule has 0 saturated carbocycles. The number of nitrogens with zero attached hydrogens (tertiary/aromatic N) is 2. The van der Waals surface area contributed by atoms with Gasteiger partial charge in [0.25, 0.3) is 0 Å². The molecule has 12 heteroatoms. The molecule has 0 radical (unpaired) electrons. The number of aromatic nitrogens is 1. The molecule has 1 aromatic heterocycles. The first-order valence-corrected chi connectivity index (χ1v) is 15.6. The van der Waals surface area contributed by atoms with Gasteiger partial charge in [0.1, 0.15) is 6.04 Å². The highest BCUT2D eigenvalue weighted by atomic mass is 32.2. The summed E-state index contributed by atoms with van der Waals surface area (Å²) in [5, 5.41) is 9.74. The molecule has 1 N–H and O–H groups in total. The smallest absolute Gasteiger partial charge is 0.468 e. The van der Waals surface area contributed by atoms with Crippen molar-refractivity contribution < 1.29 is 31.1 Å². The molecule has 204 valence electrons. The number of nitrogens with one attached hydrogen (secondary N) is 1. The summed E-state index contributed by atoms with van der Waals surface area (Å²) in [6.45, 7) is 13.0. The van der Waals surface area contributed by atoms with Gasteiger partial charge in [-0.1, -0.05) is 53.7 Å². The Morgan fingerprint density at radius 1 is 1.16 bits per heavy atom. The highest BCUT2D eigenvalue weighted by molar-refractivity contribution is 7.90. The van der Waals surface area contributed by atoms with Crippen molar-refractivity contribution in [2.24, 2.45) is 0 Å². The van der Waals surface area contributed by atoms with Crippen LogP contribution in [0.2, 0.25) is 16.6 Å². The number of halogens is 3. The standard InChI is InChI=1S/C25H34F3N3O4SSi/c1-16(2)37(17(3)4,18(5)6)31-15-20(23-19(11-9-13-29)10-8-12-22(23)31)14-21(24(32)35-7)30-36(33,34)25(26,27)28/h8-12,15-18,21,30H,14H2,1-7H3/b11-9+/t21-/m0/s1. The third-order valence-electron chi connectivity index (χ3n) is 6.98. The predicted molar refractivity (Wildman–Crippen MR) is 141 cm³/mol. The third kappa shape index (κ3) is 5.78. The summed E-state index contributed by atoms with van der Waals surface area (Å²) in [5.41, 5.74) is -2.84. The number of hydrogen-bond acceptors (Lipinski definition) is 5. The largest absolute Gasteiger partial charge is 0.511 e. The second-order valence-electron chi connectivity index (χ2n) is 9.93. The summed E-state index contributed by atoms with van der Waals surface area (Å²) in [6, 6.07) is 5.64. The Labute approximate surface area is 217 Å². The third-order valence-corrected chi connectivity index (χ3v) is 14.9. The van der Waals surface area contributed by atoms with E-state index < -0.39 is 35.8 Å². The molecule has 0 saturated heterocycles. The molecule has 0 aliphatic carbocycles. The minimum atomic E-state index is -5.82. The number of methoxy groups -OCH3 is 1.